The molecule has 0 radical (unpaired) electrons. The van der Waals surface area contributed by atoms with E-state index in [-0.39, 0.29) is 6.04 Å². The average molecular weight is 342 g/mol. The van der Waals surface area contributed by atoms with Gasteiger partial charge in [0.05, 0.1) is 6.33 Å². The highest BCUT2D eigenvalue weighted by Crippen LogP contribution is 2.33. The zero-order valence-corrected chi connectivity index (χ0v) is 12.6. The van der Waals surface area contributed by atoms with Gasteiger partial charge in [0.1, 0.15) is 11.8 Å². The third-order valence-electron chi connectivity index (χ3n) is 3.60. The normalized spacial score (nSPS) is 12.8. The molecule has 1 N–H and O–H groups in total. The predicted molar refractivity (Wildman–Crippen MR) is 84.2 cm³/mol. The van der Waals surface area contributed by atoms with Crippen molar-refractivity contribution in [2.24, 2.45) is 0 Å². The Morgan fingerprint density at radius 2 is 2.10 bits per heavy atom. The lowest BCUT2D eigenvalue weighted by atomic mass is 10.0. The monoisotopic (exact) mass is 341 g/mol. The molecule has 0 aliphatic rings. The summed E-state index contributed by atoms with van der Waals surface area (Å²) < 4.78 is 8.56. The van der Waals surface area contributed by atoms with Gasteiger partial charge >= 0.3 is 0 Å². The Morgan fingerprint density at radius 1 is 1.19 bits per heavy atom. The lowest BCUT2D eigenvalue weighted by Crippen LogP contribution is -2.09. The minimum atomic E-state index is -0.0463. The number of halogens is 1. The highest BCUT2D eigenvalue weighted by molar-refractivity contribution is 9.10. The number of aromatic amines is 1. The minimum Gasteiger partial charge on any atom is -0.452 e. The third-order valence-corrected chi connectivity index (χ3v) is 4.03. The molecular formula is C16H12BrN3O. The standard InChI is InChI=1S/C16H12BrN3O/c17-15-6-5-14(21-15)16(20-8-7-18-10-20)12-9-19-13-4-2-1-3-11(12)13/h1-10,16,19H. The molecule has 1 atom stereocenters. The molecule has 0 aliphatic carbocycles. The van der Waals surface area contributed by atoms with Gasteiger partial charge in [-0.1, -0.05) is 18.2 Å². The van der Waals surface area contributed by atoms with E-state index in [2.05, 4.69) is 38.0 Å². The van der Waals surface area contributed by atoms with Crippen LogP contribution in [0.15, 0.2) is 70.4 Å². The third kappa shape index (κ3) is 2.10. The van der Waals surface area contributed by atoms with Gasteiger partial charge in [0, 0.05) is 35.1 Å². The van der Waals surface area contributed by atoms with E-state index >= 15 is 0 Å². The van der Waals surface area contributed by atoms with Crippen molar-refractivity contribution in [1.29, 1.82) is 0 Å². The second-order valence-electron chi connectivity index (χ2n) is 4.84. The summed E-state index contributed by atoms with van der Waals surface area (Å²) in [6.45, 7) is 0. The van der Waals surface area contributed by atoms with E-state index in [9.17, 15) is 0 Å². The van der Waals surface area contributed by atoms with Gasteiger partial charge in [-0.05, 0) is 34.1 Å². The summed E-state index contributed by atoms with van der Waals surface area (Å²) in [4.78, 5) is 7.48. The highest BCUT2D eigenvalue weighted by atomic mass is 79.9. The summed E-state index contributed by atoms with van der Waals surface area (Å²) in [7, 11) is 0. The molecule has 0 amide bonds. The van der Waals surface area contributed by atoms with Gasteiger partial charge in [0.2, 0.25) is 0 Å². The summed E-state index contributed by atoms with van der Waals surface area (Å²) >= 11 is 3.38. The van der Waals surface area contributed by atoms with Gasteiger partial charge in [-0.3, -0.25) is 0 Å². The second kappa shape index (κ2) is 4.93. The molecule has 1 aromatic carbocycles. The zero-order valence-electron chi connectivity index (χ0n) is 11.0. The van der Waals surface area contributed by atoms with Crippen LogP contribution in [0.4, 0.5) is 0 Å². The second-order valence-corrected chi connectivity index (χ2v) is 5.63. The molecule has 1 unspecified atom stereocenters. The lowest BCUT2D eigenvalue weighted by Gasteiger charge is -2.15. The number of hydrogen-bond acceptors (Lipinski definition) is 2. The van der Waals surface area contributed by atoms with Crippen molar-refractivity contribution < 1.29 is 4.42 Å². The Bertz CT molecular complexity index is 876. The summed E-state index contributed by atoms with van der Waals surface area (Å²) in [6, 6.07) is 12.1. The van der Waals surface area contributed by atoms with E-state index in [0.29, 0.717) is 0 Å². The van der Waals surface area contributed by atoms with E-state index in [1.54, 1.807) is 6.20 Å². The van der Waals surface area contributed by atoms with Crippen molar-refractivity contribution in [1.82, 2.24) is 14.5 Å². The van der Waals surface area contributed by atoms with Gasteiger partial charge in [-0.15, -0.1) is 0 Å². The van der Waals surface area contributed by atoms with Gasteiger partial charge in [-0.2, -0.15) is 0 Å². The molecule has 0 saturated carbocycles. The lowest BCUT2D eigenvalue weighted by molar-refractivity contribution is 0.445. The number of para-hydroxylation sites is 1. The molecule has 4 rings (SSSR count). The van der Waals surface area contributed by atoms with Gasteiger partial charge in [0.25, 0.3) is 0 Å². The molecule has 0 bridgehead atoms. The SMILES string of the molecule is Brc1ccc(C(c2c[nH]c3ccccc23)n2ccnc2)o1. The maximum Gasteiger partial charge on any atom is 0.169 e. The summed E-state index contributed by atoms with van der Waals surface area (Å²) in [6.07, 6.45) is 7.57. The fraction of sp³-hybridized carbons (Fsp3) is 0.0625. The van der Waals surface area contributed by atoms with E-state index in [0.717, 1.165) is 21.5 Å². The molecule has 3 aromatic heterocycles. The van der Waals surface area contributed by atoms with Crippen LogP contribution in [0.5, 0.6) is 0 Å². The first-order chi connectivity index (χ1) is 10.3. The van der Waals surface area contributed by atoms with Crippen LogP contribution in [-0.4, -0.2) is 14.5 Å². The predicted octanol–water partition coefficient (Wildman–Crippen LogP) is 4.36. The Kier molecular flexibility index (Phi) is 2.93. The van der Waals surface area contributed by atoms with E-state index in [1.165, 1.54) is 5.39 Å². The Hall–Kier alpha value is -2.27. The number of nitrogens with one attached hydrogen (secondary N) is 1. The molecule has 4 aromatic rings. The number of benzene rings is 1. The Balaban J connectivity index is 1.94. The van der Waals surface area contributed by atoms with Crippen LogP contribution in [0.3, 0.4) is 0 Å². The fourth-order valence-electron chi connectivity index (χ4n) is 2.68. The fourth-order valence-corrected chi connectivity index (χ4v) is 3.00. The van der Waals surface area contributed by atoms with Crippen LogP contribution >= 0.6 is 15.9 Å². The molecule has 104 valence electrons. The van der Waals surface area contributed by atoms with Crippen molar-refractivity contribution >= 4 is 26.8 Å². The van der Waals surface area contributed by atoms with Crippen LogP contribution in [0, 0.1) is 0 Å². The molecule has 0 spiro atoms. The molecule has 21 heavy (non-hydrogen) atoms. The smallest absolute Gasteiger partial charge is 0.169 e. The van der Waals surface area contributed by atoms with Crippen molar-refractivity contribution in [2.75, 3.05) is 0 Å². The van der Waals surface area contributed by atoms with Crippen LogP contribution in [-0.2, 0) is 0 Å². The molecular weight excluding hydrogens is 330 g/mol. The highest BCUT2D eigenvalue weighted by Gasteiger charge is 2.22. The van der Waals surface area contributed by atoms with Crippen molar-refractivity contribution in [3.8, 4) is 0 Å². The first-order valence-corrected chi connectivity index (χ1v) is 7.41. The summed E-state index contributed by atoms with van der Waals surface area (Å²) in [5.41, 5.74) is 2.27. The van der Waals surface area contributed by atoms with Gasteiger partial charge < -0.3 is 14.0 Å². The number of hydrogen-bond donors (Lipinski definition) is 1. The van der Waals surface area contributed by atoms with E-state index in [1.807, 2.05) is 47.6 Å². The maximum absolute atomic E-state index is 5.80. The van der Waals surface area contributed by atoms with E-state index in [4.69, 9.17) is 4.42 Å². The van der Waals surface area contributed by atoms with Crippen LogP contribution < -0.4 is 0 Å². The first kappa shape index (κ1) is 12.5. The van der Waals surface area contributed by atoms with Crippen molar-refractivity contribution in [2.45, 2.75) is 6.04 Å². The van der Waals surface area contributed by atoms with Crippen LogP contribution in [0.2, 0.25) is 0 Å². The van der Waals surface area contributed by atoms with Crippen molar-refractivity contribution in [3.05, 3.63) is 77.3 Å². The first-order valence-electron chi connectivity index (χ1n) is 6.61. The minimum absolute atomic E-state index is 0.0463. The number of rotatable bonds is 3. The molecule has 0 aliphatic heterocycles. The molecule has 0 saturated heterocycles. The number of nitrogens with zero attached hydrogens (tertiary/aromatic N) is 2. The zero-order chi connectivity index (χ0) is 14.2. The average Bonchev–Trinajstić information content (AvgIpc) is 3.22. The maximum atomic E-state index is 5.80. The number of H-pyrrole nitrogens is 1. The Morgan fingerprint density at radius 3 is 2.86 bits per heavy atom. The number of imidazole rings is 1. The summed E-state index contributed by atoms with van der Waals surface area (Å²) in [5.74, 6) is 0.865. The molecule has 4 nitrogen and oxygen atoms in total. The van der Waals surface area contributed by atoms with Crippen molar-refractivity contribution in [3.63, 3.8) is 0 Å². The van der Waals surface area contributed by atoms with Gasteiger partial charge in [-0.25, -0.2) is 4.98 Å². The van der Waals surface area contributed by atoms with Crippen LogP contribution in [0.25, 0.3) is 10.9 Å². The number of furan rings is 1. The van der Waals surface area contributed by atoms with Crippen LogP contribution in [0.1, 0.15) is 17.4 Å². The Labute approximate surface area is 129 Å². The quantitative estimate of drug-likeness (QED) is 0.601. The molecule has 5 heteroatoms. The molecule has 0 fully saturated rings. The molecule has 3 heterocycles. The van der Waals surface area contributed by atoms with Gasteiger partial charge in [0.15, 0.2) is 4.67 Å². The summed E-state index contributed by atoms with van der Waals surface area (Å²) in [5, 5.41) is 1.18. The largest absolute Gasteiger partial charge is 0.452 e. The topological polar surface area (TPSA) is 46.8 Å². The number of fused-ring (bicyclic) bond motifs is 1. The van der Waals surface area contributed by atoms with E-state index < -0.39 is 0 Å². The number of aromatic nitrogens is 3.